The van der Waals surface area contributed by atoms with Crippen LogP contribution in [-0.2, 0) is 0 Å². The molecule has 8 nitrogen and oxygen atoms in total. The molecule has 2 saturated carbocycles. The van der Waals surface area contributed by atoms with Gasteiger partial charge in [-0.25, -0.2) is 9.97 Å². The lowest BCUT2D eigenvalue weighted by atomic mass is 9.81. The summed E-state index contributed by atoms with van der Waals surface area (Å²) in [4.78, 5) is 19.7. The van der Waals surface area contributed by atoms with Crippen molar-refractivity contribution in [2.75, 3.05) is 16.3 Å². The molecule has 6 atom stereocenters. The minimum Gasteiger partial charge on any atom is -0.367 e. The van der Waals surface area contributed by atoms with Crippen molar-refractivity contribution >= 4 is 11.6 Å². The molecule has 4 aliphatic rings. The van der Waals surface area contributed by atoms with Gasteiger partial charge in [-0.2, -0.15) is 4.98 Å². The quantitative estimate of drug-likeness (QED) is 0.409. The van der Waals surface area contributed by atoms with Crippen molar-refractivity contribution in [3.63, 3.8) is 0 Å². The van der Waals surface area contributed by atoms with Gasteiger partial charge in [0, 0.05) is 66.6 Å². The molecule has 2 aromatic heterocycles. The highest BCUT2D eigenvalue weighted by Crippen LogP contribution is 2.48. The minimum absolute atomic E-state index is 0.395. The normalized spacial score (nSPS) is 29.4. The molecule has 8 heteroatoms. The minimum atomic E-state index is 0.395. The van der Waals surface area contributed by atoms with Crippen LogP contribution in [0, 0.1) is 12.8 Å². The van der Waals surface area contributed by atoms with Crippen molar-refractivity contribution in [1.29, 1.82) is 0 Å². The molecule has 2 aromatic carbocycles. The molecule has 198 valence electrons. The zero-order chi connectivity index (χ0) is 25.9. The van der Waals surface area contributed by atoms with Gasteiger partial charge in [-0.1, -0.05) is 48.3 Å². The molecule has 0 radical (unpaired) electrons. The summed E-state index contributed by atoms with van der Waals surface area (Å²) < 4.78 is 5.18. The van der Waals surface area contributed by atoms with Crippen molar-refractivity contribution in [3.8, 4) is 22.6 Å². The fourth-order valence-electron chi connectivity index (χ4n) is 7.76. The molecule has 2 bridgehead atoms. The molecule has 4 aromatic rings. The number of fused-ring (bicyclic) bond motifs is 6. The second-order valence-corrected chi connectivity index (χ2v) is 11.6. The predicted molar refractivity (Wildman–Crippen MR) is 150 cm³/mol. The Morgan fingerprint density at radius 1 is 0.897 bits per heavy atom. The highest BCUT2D eigenvalue weighted by atomic mass is 16.5. The van der Waals surface area contributed by atoms with E-state index >= 15 is 0 Å². The number of hydrogen-bond acceptors (Lipinski definition) is 8. The second kappa shape index (κ2) is 9.16. The third-order valence-electron chi connectivity index (χ3n) is 9.38. The van der Waals surface area contributed by atoms with E-state index in [4.69, 9.17) is 14.5 Å². The first-order chi connectivity index (χ1) is 19.2. The first kappa shape index (κ1) is 23.1. The molecule has 2 saturated heterocycles. The Morgan fingerprint density at radius 3 is 2.56 bits per heavy atom. The number of aryl methyl sites for hydroxylation is 1. The SMILES string of the molecule is Cc1nc(-c2ccc(N3CC4CC3C3NC5CCCCC5N(c5nccc(-c6ccccc6)n5)C43)cc2)no1. The molecule has 2 aliphatic heterocycles. The van der Waals surface area contributed by atoms with Crippen molar-refractivity contribution in [3.05, 3.63) is 72.8 Å². The molecule has 39 heavy (non-hydrogen) atoms. The Labute approximate surface area is 228 Å². The van der Waals surface area contributed by atoms with Crippen LogP contribution in [0.25, 0.3) is 22.6 Å². The maximum absolute atomic E-state index is 5.18. The number of hydrogen-bond donors (Lipinski definition) is 1. The maximum Gasteiger partial charge on any atom is 0.226 e. The van der Waals surface area contributed by atoms with Crippen LogP contribution in [0.3, 0.4) is 0 Å². The first-order valence-electron chi connectivity index (χ1n) is 14.3. The van der Waals surface area contributed by atoms with Crippen LogP contribution in [-0.4, -0.2) is 56.9 Å². The first-order valence-corrected chi connectivity index (χ1v) is 14.3. The van der Waals surface area contributed by atoms with Gasteiger partial charge in [0.2, 0.25) is 17.7 Å². The number of piperidine rings is 1. The van der Waals surface area contributed by atoms with E-state index in [1.165, 1.54) is 37.8 Å². The van der Waals surface area contributed by atoms with Gasteiger partial charge in [0.15, 0.2) is 0 Å². The van der Waals surface area contributed by atoms with Gasteiger partial charge >= 0.3 is 0 Å². The van der Waals surface area contributed by atoms with E-state index in [0.717, 1.165) is 29.3 Å². The lowest BCUT2D eigenvalue weighted by Gasteiger charge is -2.55. The summed E-state index contributed by atoms with van der Waals surface area (Å²) in [6.07, 6.45) is 8.14. The summed E-state index contributed by atoms with van der Waals surface area (Å²) in [6, 6.07) is 23.4. The average Bonchev–Trinajstić information content (AvgIpc) is 3.72. The summed E-state index contributed by atoms with van der Waals surface area (Å²) in [6.45, 7) is 2.88. The number of aromatic nitrogens is 4. The van der Waals surface area contributed by atoms with Crippen LogP contribution in [0.2, 0.25) is 0 Å². The van der Waals surface area contributed by atoms with Crippen LogP contribution in [0.1, 0.15) is 38.0 Å². The maximum atomic E-state index is 5.18. The van der Waals surface area contributed by atoms with Gasteiger partial charge < -0.3 is 19.6 Å². The molecule has 2 aliphatic carbocycles. The molecule has 6 unspecified atom stereocenters. The van der Waals surface area contributed by atoms with Gasteiger partial charge in [0.05, 0.1) is 11.7 Å². The van der Waals surface area contributed by atoms with Crippen molar-refractivity contribution in [1.82, 2.24) is 25.4 Å². The molecule has 8 rings (SSSR count). The van der Waals surface area contributed by atoms with E-state index in [2.05, 4.69) is 79.9 Å². The second-order valence-electron chi connectivity index (χ2n) is 11.6. The van der Waals surface area contributed by atoms with Crippen LogP contribution < -0.4 is 15.1 Å². The fourth-order valence-corrected chi connectivity index (χ4v) is 7.76. The average molecular weight is 520 g/mol. The Balaban J connectivity index is 1.11. The van der Waals surface area contributed by atoms with Gasteiger partial charge in [-0.3, -0.25) is 0 Å². The monoisotopic (exact) mass is 519 g/mol. The number of nitrogens with one attached hydrogen (secondary N) is 1. The zero-order valence-electron chi connectivity index (χ0n) is 22.1. The third-order valence-corrected chi connectivity index (χ3v) is 9.38. The number of piperazine rings is 1. The number of benzene rings is 2. The lowest BCUT2D eigenvalue weighted by Crippen LogP contribution is -2.73. The third kappa shape index (κ3) is 3.84. The Kier molecular flexibility index (Phi) is 5.43. The highest BCUT2D eigenvalue weighted by molar-refractivity contribution is 5.63. The zero-order valence-corrected chi connectivity index (χ0v) is 22.1. The van der Waals surface area contributed by atoms with Crippen LogP contribution in [0.4, 0.5) is 11.6 Å². The van der Waals surface area contributed by atoms with Crippen molar-refractivity contribution in [2.24, 2.45) is 5.92 Å². The Bertz CT molecular complexity index is 1470. The molecule has 0 spiro atoms. The summed E-state index contributed by atoms with van der Waals surface area (Å²) in [5.74, 6) is 2.71. The summed E-state index contributed by atoms with van der Waals surface area (Å²) in [5.41, 5.74) is 4.41. The van der Waals surface area contributed by atoms with Gasteiger partial charge in [0.1, 0.15) is 0 Å². The van der Waals surface area contributed by atoms with Crippen LogP contribution in [0.15, 0.2) is 71.4 Å². The molecular formula is C31H33N7O. The van der Waals surface area contributed by atoms with Crippen molar-refractivity contribution < 1.29 is 4.52 Å². The molecule has 4 fully saturated rings. The van der Waals surface area contributed by atoms with E-state index in [0.29, 0.717) is 47.8 Å². The molecule has 0 amide bonds. The highest BCUT2D eigenvalue weighted by Gasteiger charge is 2.59. The standard InChI is InChI=1S/C31H33N7O/c1-19-33-30(36-39-19)21-11-13-23(14-12-21)37-18-22-17-27(37)28-29(22)38(26-10-6-5-9-25(26)34-28)31-32-16-15-24(35-31)20-7-3-2-4-8-20/h2-4,7-8,11-16,22,25-29,34H,5-6,9-10,17-18H2,1H3. The van der Waals surface area contributed by atoms with E-state index in [1.54, 1.807) is 0 Å². The fraction of sp³-hybridized carbons (Fsp3) is 0.419. The largest absolute Gasteiger partial charge is 0.367 e. The van der Waals surface area contributed by atoms with Gasteiger partial charge in [-0.05, 0) is 49.6 Å². The van der Waals surface area contributed by atoms with E-state index in [1.807, 2.05) is 19.2 Å². The van der Waals surface area contributed by atoms with E-state index in [-0.39, 0.29) is 0 Å². The predicted octanol–water partition coefficient (Wildman–Crippen LogP) is 4.87. The number of nitrogens with zero attached hydrogens (tertiary/aromatic N) is 6. The molecule has 1 N–H and O–H groups in total. The number of anilines is 2. The van der Waals surface area contributed by atoms with E-state index in [9.17, 15) is 0 Å². The van der Waals surface area contributed by atoms with E-state index < -0.39 is 0 Å². The Morgan fingerprint density at radius 2 is 1.74 bits per heavy atom. The van der Waals surface area contributed by atoms with Gasteiger partial charge in [-0.15, -0.1) is 0 Å². The van der Waals surface area contributed by atoms with Gasteiger partial charge in [0.25, 0.3) is 0 Å². The summed E-state index contributed by atoms with van der Waals surface area (Å²) in [7, 11) is 0. The lowest BCUT2D eigenvalue weighted by molar-refractivity contribution is 0.183. The van der Waals surface area contributed by atoms with Crippen LogP contribution in [0.5, 0.6) is 0 Å². The summed E-state index contributed by atoms with van der Waals surface area (Å²) >= 11 is 0. The smallest absolute Gasteiger partial charge is 0.226 e. The van der Waals surface area contributed by atoms with Crippen LogP contribution >= 0.6 is 0 Å². The Hall–Kier alpha value is -3.78. The molecular weight excluding hydrogens is 486 g/mol. The van der Waals surface area contributed by atoms with Crippen molar-refractivity contribution in [2.45, 2.75) is 69.2 Å². The summed E-state index contributed by atoms with van der Waals surface area (Å²) in [5, 5.41) is 8.24. The number of rotatable bonds is 4. The molecule has 4 heterocycles. The topological polar surface area (TPSA) is 83.2 Å².